The van der Waals surface area contributed by atoms with Crippen LogP contribution in [0.5, 0.6) is 0 Å². The van der Waals surface area contributed by atoms with Gasteiger partial charge >= 0.3 is 6.18 Å². The molecule has 0 atom stereocenters. The first-order valence-electron chi connectivity index (χ1n) is 8.69. The van der Waals surface area contributed by atoms with Crippen LogP contribution in [0, 0.1) is 13.8 Å². The van der Waals surface area contributed by atoms with Crippen LogP contribution in [0.1, 0.15) is 16.8 Å². The Morgan fingerprint density at radius 2 is 1.66 bits per heavy atom. The SMILES string of the molecule is Cc1nc(-c2ccccc2C(F)(F)F)cc(Nc2n[nH]c3ccccc23)c1C.[V]. The van der Waals surface area contributed by atoms with E-state index in [4.69, 9.17) is 0 Å². The number of pyridine rings is 1. The van der Waals surface area contributed by atoms with Crippen LogP contribution in [-0.2, 0) is 24.7 Å². The Morgan fingerprint density at radius 3 is 2.41 bits per heavy atom. The van der Waals surface area contributed by atoms with Crippen LogP contribution < -0.4 is 5.32 Å². The fourth-order valence-corrected chi connectivity index (χ4v) is 3.14. The number of rotatable bonds is 3. The summed E-state index contributed by atoms with van der Waals surface area (Å²) in [6.45, 7) is 3.65. The van der Waals surface area contributed by atoms with Gasteiger partial charge in [0, 0.05) is 40.9 Å². The molecule has 1 radical (unpaired) electrons. The van der Waals surface area contributed by atoms with Gasteiger partial charge in [0.2, 0.25) is 0 Å². The second-order valence-corrected chi connectivity index (χ2v) is 6.55. The van der Waals surface area contributed by atoms with E-state index in [0.29, 0.717) is 17.2 Å². The molecular formula is C21H17F3N4V. The Bertz CT molecular complexity index is 1170. The third kappa shape index (κ3) is 4.02. The maximum atomic E-state index is 13.4. The molecule has 0 bridgehead atoms. The minimum atomic E-state index is -4.46. The summed E-state index contributed by atoms with van der Waals surface area (Å²) < 4.78 is 40.3. The smallest absolute Gasteiger partial charge is 0.338 e. The number of alkyl halides is 3. The van der Waals surface area contributed by atoms with Crippen LogP contribution in [0.25, 0.3) is 22.2 Å². The van der Waals surface area contributed by atoms with Gasteiger partial charge in [-0.15, -0.1) is 0 Å². The number of nitrogens with zero attached hydrogens (tertiary/aromatic N) is 2. The van der Waals surface area contributed by atoms with E-state index in [2.05, 4.69) is 20.5 Å². The summed E-state index contributed by atoms with van der Waals surface area (Å²) in [5.41, 5.74) is 2.64. The van der Waals surface area contributed by atoms with Crippen LogP contribution in [0.2, 0.25) is 0 Å². The van der Waals surface area contributed by atoms with E-state index in [1.165, 1.54) is 12.1 Å². The Morgan fingerprint density at radius 1 is 0.966 bits per heavy atom. The first kappa shape index (κ1) is 21.0. The van der Waals surface area contributed by atoms with Gasteiger partial charge in [-0.25, -0.2) is 0 Å². The van der Waals surface area contributed by atoms with Crippen molar-refractivity contribution in [1.29, 1.82) is 0 Å². The van der Waals surface area contributed by atoms with Crippen molar-refractivity contribution in [3.8, 4) is 11.3 Å². The summed E-state index contributed by atoms with van der Waals surface area (Å²) in [5, 5.41) is 11.4. The number of hydrogen-bond acceptors (Lipinski definition) is 3. The number of anilines is 2. The fraction of sp³-hybridized carbons (Fsp3) is 0.143. The average molecular weight is 433 g/mol. The van der Waals surface area contributed by atoms with Crippen LogP contribution >= 0.6 is 0 Å². The van der Waals surface area contributed by atoms with Crippen molar-refractivity contribution in [1.82, 2.24) is 15.2 Å². The predicted octanol–water partition coefficient (Wildman–Crippen LogP) is 6.00. The number of aryl methyl sites for hydroxylation is 1. The molecule has 0 spiro atoms. The van der Waals surface area contributed by atoms with E-state index >= 15 is 0 Å². The summed E-state index contributed by atoms with van der Waals surface area (Å²) in [7, 11) is 0. The number of hydrogen-bond donors (Lipinski definition) is 2. The molecule has 0 saturated heterocycles. The molecule has 8 heteroatoms. The molecule has 0 aliphatic carbocycles. The van der Waals surface area contributed by atoms with Crippen molar-refractivity contribution in [2.45, 2.75) is 20.0 Å². The largest absolute Gasteiger partial charge is 0.417 e. The summed E-state index contributed by atoms with van der Waals surface area (Å²) in [5.74, 6) is 0.611. The first-order valence-corrected chi connectivity index (χ1v) is 8.69. The Balaban J connectivity index is 0.00000240. The van der Waals surface area contributed by atoms with Gasteiger partial charge < -0.3 is 5.32 Å². The van der Waals surface area contributed by atoms with Crippen LogP contribution in [0.3, 0.4) is 0 Å². The van der Waals surface area contributed by atoms with Crippen LogP contribution in [0.15, 0.2) is 54.6 Å². The van der Waals surface area contributed by atoms with E-state index in [0.717, 1.165) is 22.5 Å². The minimum absolute atomic E-state index is 0. The predicted molar refractivity (Wildman–Crippen MR) is 104 cm³/mol. The molecule has 2 aromatic heterocycles. The molecule has 0 saturated carbocycles. The fourth-order valence-electron chi connectivity index (χ4n) is 3.14. The first-order chi connectivity index (χ1) is 13.3. The number of benzene rings is 2. The monoisotopic (exact) mass is 433 g/mol. The number of fused-ring (bicyclic) bond motifs is 1. The Hall–Kier alpha value is -2.77. The van der Waals surface area contributed by atoms with Gasteiger partial charge in [0.25, 0.3) is 0 Å². The standard InChI is InChI=1S/C21H17F3N4.V/c1-12-13(2)25-19(14-7-3-5-9-16(14)21(22,23)24)11-18(12)26-20-15-8-4-6-10-17(15)27-28-20;/h3-11H,1-2H3,(H2,25,26,27,28);. The van der Waals surface area contributed by atoms with Gasteiger partial charge in [0.1, 0.15) is 0 Å². The number of para-hydroxylation sites is 1. The maximum absolute atomic E-state index is 13.4. The number of nitrogens with one attached hydrogen (secondary N) is 2. The average Bonchev–Trinajstić information content (AvgIpc) is 3.07. The zero-order chi connectivity index (χ0) is 19.9. The van der Waals surface area contributed by atoms with Crippen LogP contribution in [-0.4, -0.2) is 15.2 Å². The molecule has 0 unspecified atom stereocenters. The van der Waals surface area contributed by atoms with Gasteiger partial charge in [0.05, 0.1) is 16.8 Å². The number of H-pyrrole nitrogens is 1. The maximum Gasteiger partial charge on any atom is 0.417 e. The van der Waals surface area contributed by atoms with Gasteiger partial charge in [-0.3, -0.25) is 10.1 Å². The molecule has 29 heavy (non-hydrogen) atoms. The Labute approximate surface area is 177 Å². The molecule has 4 rings (SSSR count). The molecular weight excluding hydrogens is 416 g/mol. The van der Waals surface area contributed by atoms with Gasteiger partial charge in [-0.1, -0.05) is 30.3 Å². The third-order valence-electron chi connectivity index (χ3n) is 4.75. The van der Waals surface area contributed by atoms with Gasteiger partial charge in [-0.2, -0.15) is 18.3 Å². The van der Waals surface area contributed by atoms with E-state index in [9.17, 15) is 13.2 Å². The summed E-state index contributed by atoms with van der Waals surface area (Å²) in [6, 6.07) is 14.7. The molecule has 4 aromatic rings. The quantitative estimate of drug-likeness (QED) is 0.417. The zero-order valence-electron chi connectivity index (χ0n) is 15.7. The number of aromatic amines is 1. The molecule has 4 nitrogen and oxygen atoms in total. The molecule has 0 fully saturated rings. The van der Waals surface area contributed by atoms with Crippen molar-refractivity contribution in [3.63, 3.8) is 0 Å². The van der Waals surface area contributed by atoms with Crippen molar-refractivity contribution < 1.29 is 31.7 Å². The number of aromatic nitrogens is 3. The summed E-state index contributed by atoms with van der Waals surface area (Å²) in [6.07, 6.45) is -4.46. The van der Waals surface area contributed by atoms with E-state index < -0.39 is 11.7 Å². The minimum Gasteiger partial charge on any atom is -0.338 e. The molecule has 0 aliphatic rings. The second kappa shape index (κ2) is 7.93. The van der Waals surface area contributed by atoms with E-state index in [1.54, 1.807) is 19.1 Å². The molecule has 2 aromatic carbocycles. The Kier molecular flexibility index (Phi) is 5.73. The summed E-state index contributed by atoms with van der Waals surface area (Å²) in [4.78, 5) is 4.40. The van der Waals surface area contributed by atoms with Crippen molar-refractivity contribution in [3.05, 3.63) is 71.4 Å². The number of halogens is 3. The van der Waals surface area contributed by atoms with E-state index in [1.807, 2.05) is 31.2 Å². The third-order valence-corrected chi connectivity index (χ3v) is 4.75. The van der Waals surface area contributed by atoms with Gasteiger partial charge in [0.15, 0.2) is 5.82 Å². The van der Waals surface area contributed by atoms with Crippen molar-refractivity contribution in [2.24, 2.45) is 0 Å². The summed E-state index contributed by atoms with van der Waals surface area (Å²) >= 11 is 0. The van der Waals surface area contributed by atoms with Crippen molar-refractivity contribution in [2.75, 3.05) is 5.32 Å². The molecule has 147 valence electrons. The molecule has 0 aliphatic heterocycles. The topological polar surface area (TPSA) is 53.6 Å². The molecule has 2 N–H and O–H groups in total. The van der Waals surface area contributed by atoms with Crippen molar-refractivity contribution >= 4 is 22.4 Å². The van der Waals surface area contributed by atoms with Gasteiger partial charge in [-0.05, 0) is 43.7 Å². The normalized spacial score (nSPS) is 11.3. The zero-order valence-corrected chi connectivity index (χ0v) is 17.1. The molecule has 0 amide bonds. The van der Waals surface area contributed by atoms with Crippen LogP contribution in [0.4, 0.5) is 24.7 Å². The van der Waals surface area contributed by atoms with E-state index in [-0.39, 0.29) is 29.8 Å². The second-order valence-electron chi connectivity index (χ2n) is 6.55. The molecule has 2 heterocycles.